The van der Waals surface area contributed by atoms with Crippen LogP contribution in [0.4, 0.5) is 0 Å². The molecular weight excluding hydrogens is 268 g/mol. The van der Waals surface area contributed by atoms with E-state index in [2.05, 4.69) is 5.32 Å². The standard InChI is InChI=1S/C16H24N2O3/c1-20-14(10-17)9-16(19)18-11-12-5-2-3-8-15(12)21-13-6-4-7-13/h2-3,5,8,13-14H,4,6-7,9-11,17H2,1H3,(H,18,19). The van der Waals surface area contributed by atoms with Crippen LogP contribution in [0.25, 0.3) is 0 Å². The van der Waals surface area contributed by atoms with Crippen molar-refractivity contribution in [3.8, 4) is 5.75 Å². The van der Waals surface area contributed by atoms with Crippen LogP contribution in [0.3, 0.4) is 0 Å². The summed E-state index contributed by atoms with van der Waals surface area (Å²) in [7, 11) is 1.56. The molecule has 1 fully saturated rings. The first-order valence-electron chi connectivity index (χ1n) is 7.47. The smallest absolute Gasteiger partial charge is 0.222 e. The average Bonchev–Trinajstić information content (AvgIpc) is 2.47. The number of methoxy groups -OCH3 is 1. The third-order valence-corrected chi connectivity index (χ3v) is 3.80. The van der Waals surface area contributed by atoms with Gasteiger partial charge in [-0.1, -0.05) is 18.2 Å². The molecule has 5 nitrogen and oxygen atoms in total. The Morgan fingerprint density at radius 2 is 2.19 bits per heavy atom. The lowest BCUT2D eigenvalue weighted by Gasteiger charge is -2.27. The van der Waals surface area contributed by atoms with Crippen LogP contribution in [0.2, 0.25) is 0 Å². The molecule has 21 heavy (non-hydrogen) atoms. The topological polar surface area (TPSA) is 73.6 Å². The fraction of sp³-hybridized carbons (Fsp3) is 0.562. The highest BCUT2D eigenvalue weighted by Crippen LogP contribution is 2.27. The van der Waals surface area contributed by atoms with E-state index in [0.717, 1.165) is 24.2 Å². The van der Waals surface area contributed by atoms with Crippen LogP contribution in [0.1, 0.15) is 31.2 Å². The van der Waals surface area contributed by atoms with Crippen LogP contribution < -0.4 is 15.8 Å². The highest BCUT2D eigenvalue weighted by molar-refractivity contribution is 5.76. The Hall–Kier alpha value is -1.59. The number of nitrogens with one attached hydrogen (secondary N) is 1. The van der Waals surface area contributed by atoms with Crippen molar-refractivity contribution in [2.75, 3.05) is 13.7 Å². The maximum absolute atomic E-state index is 11.9. The number of carbonyl (C=O) groups is 1. The molecule has 1 amide bonds. The van der Waals surface area contributed by atoms with Gasteiger partial charge >= 0.3 is 0 Å². The van der Waals surface area contributed by atoms with E-state index in [1.807, 2.05) is 24.3 Å². The first-order valence-corrected chi connectivity index (χ1v) is 7.47. The third-order valence-electron chi connectivity index (χ3n) is 3.80. The Kier molecular flexibility index (Phi) is 6.02. The molecule has 0 saturated heterocycles. The zero-order valence-corrected chi connectivity index (χ0v) is 12.5. The van der Waals surface area contributed by atoms with Gasteiger partial charge in [0.05, 0.1) is 18.6 Å². The van der Waals surface area contributed by atoms with Crippen LogP contribution >= 0.6 is 0 Å². The van der Waals surface area contributed by atoms with Crippen LogP contribution in [0.5, 0.6) is 5.75 Å². The maximum atomic E-state index is 11.9. The molecule has 1 aliphatic carbocycles. The van der Waals surface area contributed by atoms with E-state index >= 15 is 0 Å². The Morgan fingerprint density at radius 1 is 1.43 bits per heavy atom. The Morgan fingerprint density at radius 3 is 2.81 bits per heavy atom. The lowest BCUT2D eigenvalue weighted by molar-refractivity contribution is -0.123. The summed E-state index contributed by atoms with van der Waals surface area (Å²) in [6.45, 7) is 0.800. The van der Waals surface area contributed by atoms with Crippen LogP contribution in [-0.2, 0) is 16.1 Å². The Balaban J connectivity index is 1.85. The normalized spacial score (nSPS) is 16.1. The van der Waals surface area contributed by atoms with E-state index in [1.165, 1.54) is 6.42 Å². The third kappa shape index (κ3) is 4.72. The minimum absolute atomic E-state index is 0.0641. The maximum Gasteiger partial charge on any atom is 0.222 e. The second-order valence-corrected chi connectivity index (χ2v) is 5.35. The number of hydrogen-bond donors (Lipinski definition) is 2. The number of amides is 1. The zero-order chi connectivity index (χ0) is 15.1. The molecule has 1 unspecified atom stereocenters. The van der Waals surface area contributed by atoms with Crippen LogP contribution in [0, 0.1) is 0 Å². The number of ether oxygens (including phenoxy) is 2. The van der Waals surface area contributed by atoms with E-state index in [0.29, 0.717) is 19.2 Å². The summed E-state index contributed by atoms with van der Waals surface area (Å²) in [5, 5.41) is 2.89. The number of rotatable bonds is 8. The van der Waals surface area contributed by atoms with Gasteiger partial charge in [-0.15, -0.1) is 0 Å². The lowest BCUT2D eigenvalue weighted by atomic mass is 9.96. The molecule has 0 radical (unpaired) electrons. The second-order valence-electron chi connectivity index (χ2n) is 5.35. The highest BCUT2D eigenvalue weighted by atomic mass is 16.5. The predicted octanol–water partition coefficient (Wildman–Crippen LogP) is 1.60. The fourth-order valence-corrected chi connectivity index (χ4v) is 2.17. The second kappa shape index (κ2) is 8.00. The van der Waals surface area contributed by atoms with E-state index < -0.39 is 0 Å². The summed E-state index contributed by atoms with van der Waals surface area (Å²) in [4.78, 5) is 11.9. The predicted molar refractivity (Wildman–Crippen MR) is 81.0 cm³/mol. The molecule has 1 aromatic carbocycles. The molecule has 1 aromatic rings. The molecule has 0 aromatic heterocycles. The van der Waals surface area contributed by atoms with Gasteiger partial charge in [0.2, 0.25) is 5.91 Å². The molecule has 0 bridgehead atoms. The highest BCUT2D eigenvalue weighted by Gasteiger charge is 2.20. The van der Waals surface area contributed by atoms with Crippen molar-refractivity contribution < 1.29 is 14.3 Å². The minimum Gasteiger partial charge on any atom is -0.490 e. The molecule has 0 aliphatic heterocycles. The summed E-state index contributed by atoms with van der Waals surface area (Å²) >= 11 is 0. The molecule has 1 saturated carbocycles. The van der Waals surface area contributed by atoms with Crippen molar-refractivity contribution in [2.24, 2.45) is 5.73 Å². The van der Waals surface area contributed by atoms with Gasteiger partial charge in [-0.3, -0.25) is 4.79 Å². The van der Waals surface area contributed by atoms with E-state index in [4.69, 9.17) is 15.2 Å². The number of para-hydroxylation sites is 1. The van der Waals surface area contributed by atoms with Gasteiger partial charge in [-0.2, -0.15) is 0 Å². The van der Waals surface area contributed by atoms with Gasteiger partial charge in [-0.05, 0) is 25.3 Å². The van der Waals surface area contributed by atoms with Crippen molar-refractivity contribution in [3.05, 3.63) is 29.8 Å². The molecule has 5 heteroatoms. The van der Waals surface area contributed by atoms with Crippen molar-refractivity contribution >= 4 is 5.91 Å². The first-order chi connectivity index (χ1) is 10.2. The average molecular weight is 292 g/mol. The molecule has 0 heterocycles. The van der Waals surface area contributed by atoms with Gasteiger partial charge < -0.3 is 20.5 Å². The zero-order valence-electron chi connectivity index (χ0n) is 12.5. The summed E-state index contributed by atoms with van der Waals surface area (Å²) in [5.41, 5.74) is 6.51. The van der Waals surface area contributed by atoms with E-state index in [1.54, 1.807) is 7.11 Å². The summed E-state index contributed by atoms with van der Waals surface area (Å²) in [6, 6.07) is 7.84. The van der Waals surface area contributed by atoms with Gasteiger partial charge in [0.1, 0.15) is 5.75 Å². The monoisotopic (exact) mass is 292 g/mol. The summed E-state index contributed by atoms with van der Waals surface area (Å²) in [6.07, 6.45) is 3.85. The SMILES string of the molecule is COC(CN)CC(=O)NCc1ccccc1OC1CCC1. The van der Waals surface area contributed by atoms with Crippen molar-refractivity contribution in [2.45, 2.75) is 44.4 Å². The van der Waals surface area contributed by atoms with Gasteiger partial charge in [0, 0.05) is 25.8 Å². The quantitative estimate of drug-likeness (QED) is 0.763. The lowest BCUT2D eigenvalue weighted by Crippen LogP contribution is -2.32. The van der Waals surface area contributed by atoms with E-state index in [-0.39, 0.29) is 18.4 Å². The summed E-state index contributed by atoms with van der Waals surface area (Å²) < 4.78 is 11.1. The molecule has 0 spiro atoms. The number of benzene rings is 1. The minimum atomic E-state index is -0.230. The Labute approximate surface area is 125 Å². The van der Waals surface area contributed by atoms with Gasteiger partial charge in [0.25, 0.3) is 0 Å². The molecule has 116 valence electrons. The van der Waals surface area contributed by atoms with Gasteiger partial charge in [0.15, 0.2) is 0 Å². The first kappa shape index (κ1) is 15.8. The fourth-order valence-electron chi connectivity index (χ4n) is 2.17. The Bertz CT molecular complexity index is 457. The number of nitrogens with two attached hydrogens (primary N) is 1. The van der Waals surface area contributed by atoms with Crippen LogP contribution in [-0.4, -0.2) is 31.8 Å². The van der Waals surface area contributed by atoms with Gasteiger partial charge in [-0.25, -0.2) is 0 Å². The largest absolute Gasteiger partial charge is 0.490 e. The number of carbonyl (C=O) groups excluding carboxylic acids is 1. The van der Waals surface area contributed by atoms with Crippen molar-refractivity contribution in [1.82, 2.24) is 5.32 Å². The number of hydrogen-bond acceptors (Lipinski definition) is 4. The van der Waals surface area contributed by atoms with E-state index in [9.17, 15) is 4.79 Å². The molecule has 2 rings (SSSR count). The molecule has 1 aliphatic rings. The molecular formula is C16H24N2O3. The van der Waals surface area contributed by atoms with Crippen LogP contribution in [0.15, 0.2) is 24.3 Å². The molecule has 1 atom stereocenters. The van der Waals surface area contributed by atoms with Crippen molar-refractivity contribution in [1.29, 1.82) is 0 Å². The summed E-state index contributed by atoms with van der Waals surface area (Å²) in [5.74, 6) is 0.801. The van der Waals surface area contributed by atoms with Crippen molar-refractivity contribution in [3.63, 3.8) is 0 Å². The molecule has 3 N–H and O–H groups in total.